The highest BCUT2D eigenvalue weighted by molar-refractivity contribution is 5.80. The summed E-state index contributed by atoms with van der Waals surface area (Å²) >= 11 is 0. The van der Waals surface area contributed by atoms with E-state index in [1.807, 2.05) is 13.8 Å². The van der Waals surface area contributed by atoms with Gasteiger partial charge in [0.05, 0.1) is 0 Å². The molecule has 0 aromatic rings. The predicted octanol–water partition coefficient (Wildman–Crippen LogP) is 9.59. The number of hydrogen-bond acceptors (Lipinski definition) is 1. The molecule has 0 atom stereocenters. The Labute approximate surface area is 178 Å². The first-order valence-corrected chi connectivity index (χ1v) is 12.9. The topological polar surface area (TPSA) is 17.1 Å². The molecule has 0 aliphatic heterocycles. The van der Waals surface area contributed by atoms with Gasteiger partial charge in [-0.1, -0.05) is 123 Å². The molecule has 0 amide bonds. The molecule has 0 saturated carbocycles. The first kappa shape index (κ1) is 27.4. The quantitative estimate of drug-likeness (QED) is 0.132. The lowest BCUT2D eigenvalue weighted by atomic mass is 10.0. The average Bonchev–Trinajstić information content (AvgIpc) is 2.68. The van der Waals surface area contributed by atoms with E-state index in [0.29, 0.717) is 5.78 Å². The lowest BCUT2D eigenvalue weighted by Gasteiger charge is -2.04. The number of hydrogen-bond donors (Lipinski definition) is 0. The first-order valence-electron chi connectivity index (χ1n) is 12.9. The van der Waals surface area contributed by atoms with Gasteiger partial charge >= 0.3 is 0 Å². The van der Waals surface area contributed by atoms with E-state index >= 15 is 0 Å². The fraction of sp³-hybridized carbons (Fsp3) is 0.889. The van der Waals surface area contributed by atoms with Crippen LogP contribution in [0.1, 0.15) is 149 Å². The van der Waals surface area contributed by atoms with Crippen molar-refractivity contribution in [1.29, 1.82) is 0 Å². The molecule has 0 aliphatic rings. The minimum absolute atomic E-state index is 0.223. The number of unbranched alkanes of at least 4 members (excludes halogenated alkanes) is 17. The summed E-state index contributed by atoms with van der Waals surface area (Å²) < 4.78 is 0. The Balaban J connectivity index is 3.12. The minimum Gasteiger partial charge on any atom is -0.299 e. The van der Waals surface area contributed by atoms with Gasteiger partial charge in [0.25, 0.3) is 0 Å². The Bertz CT molecular complexity index is 342. The van der Waals surface area contributed by atoms with Crippen LogP contribution in [0.2, 0.25) is 0 Å². The zero-order valence-corrected chi connectivity index (χ0v) is 19.8. The van der Waals surface area contributed by atoms with E-state index in [1.165, 1.54) is 116 Å². The van der Waals surface area contributed by atoms with Crippen LogP contribution in [0.15, 0.2) is 12.2 Å². The Morgan fingerprint density at radius 2 is 0.929 bits per heavy atom. The van der Waals surface area contributed by atoms with Crippen molar-refractivity contribution in [2.24, 2.45) is 5.92 Å². The molecule has 0 heterocycles. The standard InChI is InChI=1S/C27H52O/c1-4-5-6-7-8-9-10-11-12-13-14-15-16-17-18-19-20-21-22-23-24-25-27(28)26(2)3/h11-12,26H,4-10,13-25H2,1-3H3/b12-11-. The van der Waals surface area contributed by atoms with E-state index in [2.05, 4.69) is 19.1 Å². The molecule has 0 N–H and O–H groups in total. The van der Waals surface area contributed by atoms with Crippen LogP contribution >= 0.6 is 0 Å². The monoisotopic (exact) mass is 392 g/mol. The van der Waals surface area contributed by atoms with Gasteiger partial charge in [0.15, 0.2) is 0 Å². The Morgan fingerprint density at radius 3 is 1.32 bits per heavy atom. The smallest absolute Gasteiger partial charge is 0.135 e. The zero-order chi connectivity index (χ0) is 20.7. The number of Topliss-reactive ketones (excluding diaryl/α,β-unsaturated/α-hetero) is 1. The number of rotatable bonds is 22. The fourth-order valence-electron chi connectivity index (χ4n) is 3.72. The van der Waals surface area contributed by atoms with Crippen molar-refractivity contribution in [3.8, 4) is 0 Å². The number of carbonyl (C=O) groups is 1. The lowest BCUT2D eigenvalue weighted by molar-refractivity contribution is -0.122. The van der Waals surface area contributed by atoms with Crippen LogP contribution in [0, 0.1) is 5.92 Å². The Kier molecular flexibility index (Phi) is 22.2. The summed E-state index contributed by atoms with van der Waals surface area (Å²) in [6.07, 6.45) is 31.5. The second-order valence-corrected chi connectivity index (χ2v) is 9.08. The van der Waals surface area contributed by atoms with Crippen molar-refractivity contribution < 1.29 is 4.79 Å². The summed E-state index contributed by atoms with van der Waals surface area (Å²) in [6, 6.07) is 0. The summed E-state index contributed by atoms with van der Waals surface area (Å²) in [6.45, 7) is 6.30. The maximum Gasteiger partial charge on any atom is 0.135 e. The van der Waals surface area contributed by atoms with Crippen molar-refractivity contribution in [1.82, 2.24) is 0 Å². The van der Waals surface area contributed by atoms with Crippen LogP contribution in [0.3, 0.4) is 0 Å². The zero-order valence-electron chi connectivity index (χ0n) is 19.8. The molecule has 1 heteroatoms. The molecular formula is C27H52O. The minimum atomic E-state index is 0.223. The summed E-state index contributed by atoms with van der Waals surface area (Å²) in [5, 5.41) is 0. The molecule has 0 aliphatic carbocycles. The van der Waals surface area contributed by atoms with Gasteiger partial charge < -0.3 is 0 Å². The number of ketones is 1. The largest absolute Gasteiger partial charge is 0.299 e. The van der Waals surface area contributed by atoms with Gasteiger partial charge in [-0.05, 0) is 32.1 Å². The van der Waals surface area contributed by atoms with Gasteiger partial charge in [-0.2, -0.15) is 0 Å². The van der Waals surface area contributed by atoms with Crippen LogP contribution in [-0.2, 0) is 4.79 Å². The fourth-order valence-corrected chi connectivity index (χ4v) is 3.72. The SMILES string of the molecule is CCCCCCCC/C=C\CCCCCCCCCCCCCC(=O)C(C)C. The van der Waals surface area contributed by atoms with E-state index in [-0.39, 0.29) is 5.92 Å². The van der Waals surface area contributed by atoms with Crippen LogP contribution in [0.25, 0.3) is 0 Å². The maximum absolute atomic E-state index is 11.5. The van der Waals surface area contributed by atoms with Crippen LogP contribution in [0.5, 0.6) is 0 Å². The average molecular weight is 393 g/mol. The highest BCUT2D eigenvalue weighted by Gasteiger charge is 2.05. The summed E-state index contributed by atoms with van der Waals surface area (Å²) in [4.78, 5) is 11.5. The van der Waals surface area contributed by atoms with Gasteiger partial charge in [-0.25, -0.2) is 0 Å². The van der Waals surface area contributed by atoms with Crippen molar-refractivity contribution >= 4 is 5.78 Å². The second kappa shape index (κ2) is 22.7. The van der Waals surface area contributed by atoms with Gasteiger partial charge in [0, 0.05) is 12.3 Å². The number of allylic oxidation sites excluding steroid dienone is 2. The lowest BCUT2D eigenvalue weighted by Crippen LogP contribution is -2.05. The molecule has 0 fully saturated rings. The van der Waals surface area contributed by atoms with E-state index in [0.717, 1.165) is 12.8 Å². The summed E-state index contributed by atoms with van der Waals surface area (Å²) in [5.41, 5.74) is 0. The molecule has 0 spiro atoms. The molecule has 28 heavy (non-hydrogen) atoms. The van der Waals surface area contributed by atoms with E-state index in [4.69, 9.17) is 0 Å². The normalized spacial score (nSPS) is 11.7. The third-order valence-corrected chi connectivity index (χ3v) is 5.83. The van der Waals surface area contributed by atoms with E-state index in [1.54, 1.807) is 0 Å². The molecule has 0 aromatic carbocycles. The molecule has 0 unspecified atom stereocenters. The van der Waals surface area contributed by atoms with E-state index in [9.17, 15) is 4.79 Å². The summed E-state index contributed by atoms with van der Waals surface area (Å²) in [5.74, 6) is 0.662. The molecule has 0 aromatic heterocycles. The third-order valence-electron chi connectivity index (χ3n) is 5.83. The molecule has 0 radical (unpaired) electrons. The highest BCUT2D eigenvalue weighted by atomic mass is 16.1. The third kappa shape index (κ3) is 21.7. The van der Waals surface area contributed by atoms with Gasteiger partial charge in [-0.15, -0.1) is 0 Å². The molecule has 0 saturated heterocycles. The molecule has 1 nitrogen and oxygen atoms in total. The van der Waals surface area contributed by atoms with Gasteiger partial charge in [0.1, 0.15) is 5.78 Å². The van der Waals surface area contributed by atoms with Crippen molar-refractivity contribution in [2.75, 3.05) is 0 Å². The predicted molar refractivity (Wildman–Crippen MR) is 127 cm³/mol. The van der Waals surface area contributed by atoms with Crippen LogP contribution < -0.4 is 0 Å². The molecule has 166 valence electrons. The maximum atomic E-state index is 11.5. The van der Waals surface area contributed by atoms with Crippen molar-refractivity contribution in [3.05, 3.63) is 12.2 Å². The van der Waals surface area contributed by atoms with Crippen molar-refractivity contribution in [3.63, 3.8) is 0 Å². The molecular weight excluding hydrogens is 340 g/mol. The first-order chi connectivity index (χ1) is 13.7. The molecule has 0 rings (SSSR count). The Morgan fingerprint density at radius 1 is 0.571 bits per heavy atom. The second-order valence-electron chi connectivity index (χ2n) is 9.08. The van der Waals surface area contributed by atoms with Crippen LogP contribution in [0.4, 0.5) is 0 Å². The molecule has 0 bridgehead atoms. The van der Waals surface area contributed by atoms with Crippen LogP contribution in [-0.4, -0.2) is 5.78 Å². The van der Waals surface area contributed by atoms with Crippen molar-refractivity contribution in [2.45, 2.75) is 149 Å². The Hall–Kier alpha value is -0.590. The highest BCUT2D eigenvalue weighted by Crippen LogP contribution is 2.14. The van der Waals surface area contributed by atoms with Gasteiger partial charge in [0.2, 0.25) is 0 Å². The number of carbonyl (C=O) groups excluding carboxylic acids is 1. The van der Waals surface area contributed by atoms with E-state index < -0.39 is 0 Å². The van der Waals surface area contributed by atoms with Gasteiger partial charge in [-0.3, -0.25) is 4.79 Å². The summed E-state index contributed by atoms with van der Waals surface area (Å²) in [7, 11) is 0.